The van der Waals surface area contributed by atoms with Gasteiger partial charge in [-0.1, -0.05) is 60.0 Å². The number of piperidine rings is 1. The summed E-state index contributed by atoms with van der Waals surface area (Å²) in [7, 11) is 0. The molecule has 278 valence electrons. The molecule has 0 amide bonds. The number of ether oxygens (including phenoxy) is 3. The molecule has 2 N–H and O–H groups in total. The van der Waals surface area contributed by atoms with Crippen molar-refractivity contribution >= 4 is 29.2 Å². The van der Waals surface area contributed by atoms with Crippen LogP contribution in [0.15, 0.2) is 67.0 Å². The van der Waals surface area contributed by atoms with Gasteiger partial charge in [-0.25, -0.2) is 0 Å². The highest BCUT2D eigenvalue weighted by molar-refractivity contribution is 6.34. The van der Waals surface area contributed by atoms with Gasteiger partial charge in [-0.3, -0.25) is 14.7 Å². The number of hydrogen-bond acceptors (Lipinski definition) is 9. The fourth-order valence-corrected chi connectivity index (χ4v) is 7.54. The van der Waals surface area contributed by atoms with Crippen LogP contribution in [0.25, 0.3) is 11.1 Å². The monoisotopic (exact) mass is 758 g/mol. The van der Waals surface area contributed by atoms with E-state index in [1.165, 1.54) is 6.20 Å². The Bertz CT molecular complexity index is 1950. The number of aromatic nitrogens is 1. The van der Waals surface area contributed by atoms with Gasteiger partial charge in [0.2, 0.25) is 0 Å². The summed E-state index contributed by atoms with van der Waals surface area (Å²) in [4.78, 5) is 20.4. The summed E-state index contributed by atoms with van der Waals surface area (Å²) in [5, 5.41) is 29.9. The molecule has 3 aromatic carbocycles. The Balaban J connectivity index is 1.18. The molecule has 53 heavy (non-hydrogen) atoms. The molecule has 0 unspecified atom stereocenters. The zero-order valence-corrected chi connectivity index (χ0v) is 31.3. The van der Waals surface area contributed by atoms with Crippen molar-refractivity contribution in [2.75, 3.05) is 32.8 Å². The largest absolute Gasteiger partial charge is 0.493 e. The lowest BCUT2D eigenvalue weighted by Gasteiger charge is -2.33. The van der Waals surface area contributed by atoms with Crippen molar-refractivity contribution in [3.05, 3.63) is 105 Å². The van der Waals surface area contributed by atoms with Crippen molar-refractivity contribution < 1.29 is 29.2 Å². The molecule has 2 fully saturated rings. The maximum atomic E-state index is 12.1. The second kappa shape index (κ2) is 18.1. The van der Waals surface area contributed by atoms with E-state index in [2.05, 4.69) is 16.0 Å². The van der Waals surface area contributed by atoms with Gasteiger partial charge in [0.1, 0.15) is 42.6 Å². The Hall–Kier alpha value is -4.37. The van der Waals surface area contributed by atoms with E-state index in [1.54, 1.807) is 24.4 Å². The topological polar surface area (TPSA) is 128 Å². The predicted molar refractivity (Wildman–Crippen MR) is 204 cm³/mol. The van der Waals surface area contributed by atoms with E-state index < -0.39 is 12.0 Å². The highest BCUT2D eigenvalue weighted by Gasteiger charge is 2.29. The van der Waals surface area contributed by atoms with Crippen molar-refractivity contribution in [2.24, 2.45) is 0 Å². The Labute approximate surface area is 320 Å². The molecule has 0 bridgehead atoms. The van der Waals surface area contributed by atoms with Gasteiger partial charge in [0.15, 0.2) is 0 Å². The molecule has 2 atom stereocenters. The van der Waals surface area contributed by atoms with Crippen molar-refractivity contribution in [3.8, 4) is 34.4 Å². The SMILES string of the molecule is Cc1c(OCCCN2CC[C@H](O)C2)cccc1-c1cccc(COc2cc(OCc3cncc(C#N)c3)c(CN3CCCC[C@H]3C(=O)O)cc2Cl)c1Cl. The molecule has 2 aliphatic heterocycles. The second-order valence-corrected chi connectivity index (χ2v) is 14.4. The first-order valence-electron chi connectivity index (χ1n) is 18.0. The molecule has 0 spiro atoms. The minimum Gasteiger partial charge on any atom is -0.493 e. The Morgan fingerprint density at radius 3 is 2.55 bits per heavy atom. The predicted octanol–water partition coefficient (Wildman–Crippen LogP) is 7.67. The number of nitrogens with zero attached hydrogens (tertiary/aromatic N) is 4. The van der Waals surface area contributed by atoms with E-state index in [0.29, 0.717) is 58.8 Å². The molecule has 2 saturated heterocycles. The van der Waals surface area contributed by atoms with Gasteiger partial charge in [0.05, 0.1) is 28.3 Å². The normalized spacial score (nSPS) is 17.7. The summed E-state index contributed by atoms with van der Waals surface area (Å²) in [5.74, 6) is 0.836. The van der Waals surface area contributed by atoms with E-state index in [9.17, 15) is 20.3 Å². The van der Waals surface area contributed by atoms with Crippen LogP contribution in [-0.4, -0.2) is 75.9 Å². The third kappa shape index (κ3) is 9.79. The number of aliphatic hydroxyl groups excluding tert-OH is 1. The fraction of sp³-hybridized carbons (Fsp3) is 0.390. The van der Waals surface area contributed by atoms with Gasteiger partial charge in [-0.15, -0.1) is 0 Å². The molecule has 2 aliphatic rings. The minimum absolute atomic E-state index is 0.132. The van der Waals surface area contributed by atoms with E-state index >= 15 is 0 Å². The van der Waals surface area contributed by atoms with Crippen molar-refractivity contribution in [1.29, 1.82) is 5.26 Å². The summed E-state index contributed by atoms with van der Waals surface area (Å²) in [5.41, 5.74) is 5.43. The zero-order valence-electron chi connectivity index (χ0n) is 29.8. The molecule has 3 heterocycles. The van der Waals surface area contributed by atoms with Crippen LogP contribution < -0.4 is 14.2 Å². The number of benzene rings is 3. The van der Waals surface area contributed by atoms with Gasteiger partial charge in [0, 0.05) is 66.9 Å². The first kappa shape index (κ1) is 38.4. The highest BCUT2D eigenvalue weighted by Crippen LogP contribution is 2.39. The zero-order chi connectivity index (χ0) is 37.3. The number of carboxylic acids is 1. The Kier molecular flexibility index (Phi) is 13.1. The number of rotatable bonds is 15. The minimum atomic E-state index is -0.846. The first-order valence-corrected chi connectivity index (χ1v) is 18.7. The molecule has 0 aliphatic carbocycles. The lowest BCUT2D eigenvalue weighted by molar-refractivity contribution is -0.144. The van der Waals surface area contributed by atoms with Gasteiger partial charge >= 0.3 is 5.97 Å². The quantitative estimate of drug-likeness (QED) is 0.117. The van der Waals surface area contributed by atoms with Crippen LogP contribution in [-0.2, 0) is 24.6 Å². The molecule has 0 radical (unpaired) electrons. The van der Waals surface area contributed by atoms with E-state index in [4.69, 9.17) is 37.4 Å². The van der Waals surface area contributed by atoms with Gasteiger partial charge in [-0.05, 0) is 68.5 Å². The fourth-order valence-electron chi connectivity index (χ4n) is 7.01. The van der Waals surface area contributed by atoms with Crippen molar-refractivity contribution in [1.82, 2.24) is 14.8 Å². The first-order chi connectivity index (χ1) is 25.7. The van der Waals surface area contributed by atoms with Crippen LogP contribution in [0.3, 0.4) is 0 Å². The maximum absolute atomic E-state index is 12.1. The van der Waals surface area contributed by atoms with E-state index in [0.717, 1.165) is 78.9 Å². The third-order valence-corrected chi connectivity index (χ3v) is 10.6. The standard InChI is InChI=1S/C41H44Cl2N4O6/c1-27-33(8-5-11-37(27)51-16-6-13-46-15-12-32(48)24-46)34-9-4-7-30(40(34)43)26-53-39-19-38(52-25-29-17-28(20-44)21-45-22-29)31(18-35(39)42)23-47-14-3-2-10-36(47)41(49)50/h4-5,7-9,11,17-19,21-22,32,36,48H,2-3,6,10,12-16,23-26H2,1H3,(H,49,50)/t32-,36-/m0/s1. The van der Waals surface area contributed by atoms with E-state index in [-0.39, 0.29) is 19.3 Å². The number of carbonyl (C=O) groups is 1. The van der Waals surface area contributed by atoms with E-state index in [1.807, 2.05) is 48.2 Å². The van der Waals surface area contributed by atoms with Gasteiger partial charge in [0.25, 0.3) is 0 Å². The number of β-amino-alcohol motifs (C(OH)–C–C–N with tert-alkyl or cyclic N) is 1. The molecule has 10 nitrogen and oxygen atoms in total. The molecule has 6 rings (SSSR count). The van der Waals surface area contributed by atoms with Gasteiger partial charge < -0.3 is 29.3 Å². The maximum Gasteiger partial charge on any atom is 0.320 e. The van der Waals surface area contributed by atoms with Crippen LogP contribution in [0.4, 0.5) is 0 Å². The number of nitriles is 1. The average molecular weight is 760 g/mol. The number of aliphatic hydroxyl groups is 1. The number of aliphatic carboxylic acids is 1. The number of hydrogen-bond donors (Lipinski definition) is 2. The number of likely N-dealkylation sites (tertiary alicyclic amines) is 2. The van der Waals surface area contributed by atoms with Crippen LogP contribution >= 0.6 is 23.2 Å². The summed E-state index contributed by atoms with van der Waals surface area (Å²) in [6.45, 7) is 6.39. The molecular formula is C41H44Cl2N4O6. The third-order valence-electron chi connectivity index (χ3n) is 9.87. The lowest BCUT2D eigenvalue weighted by atomic mass is 9.98. The van der Waals surface area contributed by atoms with Gasteiger partial charge in [-0.2, -0.15) is 5.26 Å². The number of pyridine rings is 1. The van der Waals surface area contributed by atoms with Crippen molar-refractivity contribution in [3.63, 3.8) is 0 Å². The van der Waals surface area contributed by atoms with Crippen LogP contribution in [0.5, 0.6) is 17.2 Å². The molecular weight excluding hydrogens is 715 g/mol. The summed E-state index contributed by atoms with van der Waals surface area (Å²) in [6, 6.07) is 18.5. The van der Waals surface area contributed by atoms with Crippen molar-refractivity contribution in [2.45, 2.75) is 70.9 Å². The molecule has 4 aromatic rings. The highest BCUT2D eigenvalue weighted by atomic mass is 35.5. The Morgan fingerprint density at radius 2 is 1.75 bits per heavy atom. The summed E-state index contributed by atoms with van der Waals surface area (Å²) in [6.07, 6.45) is 6.95. The smallest absolute Gasteiger partial charge is 0.320 e. The summed E-state index contributed by atoms with van der Waals surface area (Å²) < 4.78 is 18.8. The number of carboxylic acid groups (broad SMARTS) is 1. The molecule has 12 heteroatoms. The van der Waals surface area contributed by atoms with Crippen LogP contribution in [0, 0.1) is 18.3 Å². The molecule has 1 aromatic heterocycles. The lowest BCUT2D eigenvalue weighted by Crippen LogP contribution is -2.44. The molecule has 0 saturated carbocycles. The Morgan fingerprint density at radius 1 is 0.943 bits per heavy atom. The second-order valence-electron chi connectivity index (χ2n) is 13.6. The average Bonchev–Trinajstić information content (AvgIpc) is 3.58. The summed E-state index contributed by atoms with van der Waals surface area (Å²) >= 11 is 13.9. The van der Waals surface area contributed by atoms with Crippen LogP contribution in [0.1, 0.15) is 59.9 Å². The number of halogens is 2. The van der Waals surface area contributed by atoms with Crippen LogP contribution in [0.2, 0.25) is 10.0 Å².